The number of aromatic carboxylic acids is 1. The minimum atomic E-state index is -1.39. The maximum Gasteiger partial charge on any atom is 0.335 e. The number of hydrogen-bond donors (Lipinski definition) is 4. The second-order valence-corrected chi connectivity index (χ2v) is 3.28. The van der Waals surface area contributed by atoms with E-state index in [0.717, 1.165) is 12.1 Å². The molecule has 1 aromatic carbocycles. The summed E-state index contributed by atoms with van der Waals surface area (Å²) >= 11 is 0. The monoisotopic (exact) mass is 242 g/mol. The summed E-state index contributed by atoms with van der Waals surface area (Å²) in [5, 5.41) is 37.7. The fourth-order valence-corrected chi connectivity index (χ4v) is 1.28. The lowest BCUT2D eigenvalue weighted by Gasteiger charge is -2.11. The molecule has 0 heterocycles. The summed E-state index contributed by atoms with van der Waals surface area (Å²) in [4.78, 5) is 20.4. The zero-order valence-corrected chi connectivity index (χ0v) is 8.53. The molecule has 92 valence electrons. The molecule has 5 N–H and O–H groups in total. The Morgan fingerprint density at radius 3 is 2.53 bits per heavy atom. The van der Waals surface area contributed by atoms with E-state index in [4.69, 9.17) is 15.9 Å². The Bertz CT molecular complexity index is 473. The summed E-state index contributed by atoms with van der Waals surface area (Å²) in [6.45, 7) is -0.576. The Balaban J connectivity index is 3.48. The quantitative estimate of drug-likeness (QED) is 0.428. The molecule has 8 heteroatoms. The van der Waals surface area contributed by atoms with Gasteiger partial charge in [-0.1, -0.05) is 0 Å². The molecule has 0 aliphatic carbocycles. The minimum Gasteiger partial charge on any atom is -0.502 e. The first-order chi connectivity index (χ1) is 7.88. The van der Waals surface area contributed by atoms with Crippen molar-refractivity contribution in [3.63, 3.8) is 0 Å². The van der Waals surface area contributed by atoms with Gasteiger partial charge >= 0.3 is 11.7 Å². The molecule has 0 saturated carbocycles. The zero-order chi connectivity index (χ0) is 13.2. The summed E-state index contributed by atoms with van der Waals surface area (Å²) in [6, 6.07) is 0.629. The van der Waals surface area contributed by atoms with Crippen LogP contribution in [0, 0.1) is 10.1 Å². The molecular weight excluding hydrogens is 232 g/mol. The number of phenolic OH excluding ortho intramolecular Hbond substituents is 1. The van der Waals surface area contributed by atoms with Crippen molar-refractivity contribution in [1.29, 1.82) is 0 Å². The van der Waals surface area contributed by atoms with Crippen molar-refractivity contribution in [2.45, 2.75) is 6.04 Å². The van der Waals surface area contributed by atoms with Crippen LogP contribution in [0.25, 0.3) is 0 Å². The largest absolute Gasteiger partial charge is 0.502 e. The van der Waals surface area contributed by atoms with Gasteiger partial charge in [0.15, 0.2) is 5.75 Å². The van der Waals surface area contributed by atoms with E-state index < -0.39 is 35.0 Å². The first-order valence-corrected chi connectivity index (χ1v) is 4.49. The first-order valence-electron chi connectivity index (χ1n) is 4.49. The SMILES string of the molecule is N[C@H](CO)c1cc(C(=O)O)cc([N+](=O)[O-])c1O. The fraction of sp³-hybridized carbons (Fsp3) is 0.222. The van der Waals surface area contributed by atoms with Crippen molar-refractivity contribution in [2.75, 3.05) is 6.61 Å². The van der Waals surface area contributed by atoms with E-state index in [1.165, 1.54) is 0 Å². The average Bonchev–Trinajstić information content (AvgIpc) is 2.27. The van der Waals surface area contributed by atoms with Crippen LogP contribution in [0.1, 0.15) is 22.0 Å². The number of nitro groups is 1. The van der Waals surface area contributed by atoms with Crippen molar-refractivity contribution in [3.05, 3.63) is 33.4 Å². The summed E-state index contributed by atoms with van der Waals surface area (Å²) in [5.74, 6) is -2.12. The van der Waals surface area contributed by atoms with Gasteiger partial charge in [0, 0.05) is 11.6 Å². The molecule has 0 fully saturated rings. The molecule has 0 aliphatic rings. The van der Waals surface area contributed by atoms with E-state index >= 15 is 0 Å². The van der Waals surface area contributed by atoms with Gasteiger partial charge in [0.25, 0.3) is 0 Å². The molecule has 0 aliphatic heterocycles. The highest BCUT2D eigenvalue weighted by Crippen LogP contribution is 2.34. The number of aromatic hydroxyl groups is 1. The third-order valence-corrected chi connectivity index (χ3v) is 2.16. The van der Waals surface area contributed by atoms with Gasteiger partial charge in [-0.3, -0.25) is 10.1 Å². The molecular formula is C9H10N2O6. The summed E-state index contributed by atoms with van der Waals surface area (Å²) in [5.41, 5.74) is 4.08. The second kappa shape index (κ2) is 4.76. The smallest absolute Gasteiger partial charge is 0.335 e. The van der Waals surface area contributed by atoms with Crippen LogP contribution in [-0.4, -0.2) is 32.8 Å². The van der Waals surface area contributed by atoms with Crippen LogP contribution >= 0.6 is 0 Å². The van der Waals surface area contributed by atoms with Gasteiger partial charge in [-0.05, 0) is 6.07 Å². The molecule has 0 saturated heterocycles. The lowest BCUT2D eigenvalue weighted by molar-refractivity contribution is -0.386. The van der Waals surface area contributed by atoms with Gasteiger partial charge in [-0.15, -0.1) is 0 Å². The molecule has 0 bridgehead atoms. The molecule has 8 nitrogen and oxygen atoms in total. The molecule has 0 unspecified atom stereocenters. The van der Waals surface area contributed by atoms with E-state index in [2.05, 4.69) is 0 Å². The van der Waals surface area contributed by atoms with Gasteiger partial charge in [0.2, 0.25) is 0 Å². The maximum absolute atomic E-state index is 10.7. The van der Waals surface area contributed by atoms with Crippen LogP contribution in [0.3, 0.4) is 0 Å². The van der Waals surface area contributed by atoms with Gasteiger partial charge in [-0.2, -0.15) is 0 Å². The zero-order valence-electron chi connectivity index (χ0n) is 8.53. The minimum absolute atomic E-state index is 0.181. The number of benzene rings is 1. The Hall–Kier alpha value is -2.19. The first kappa shape index (κ1) is 12.9. The fourth-order valence-electron chi connectivity index (χ4n) is 1.28. The molecule has 1 rings (SSSR count). The Labute approximate surface area is 95.1 Å². The lowest BCUT2D eigenvalue weighted by Crippen LogP contribution is -2.16. The van der Waals surface area contributed by atoms with Crippen molar-refractivity contribution in [2.24, 2.45) is 5.73 Å². The highest BCUT2D eigenvalue weighted by atomic mass is 16.6. The Morgan fingerprint density at radius 1 is 1.53 bits per heavy atom. The average molecular weight is 242 g/mol. The predicted octanol–water partition coefficient (Wildman–Crippen LogP) is -0.00930. The van der Waals surface area contributed by atoms with E-state index in [-0.39, 0.29) is 11.1 Å². The lowest BCUT2D eigenvalue weighted by atomic mass is 10.0. The van der Waals surface area contributed by atoms with Crippen LogP contribution in [0.5, 0.6) is 5.75 Å². The number of aliphatic hydroxyl groups excluding tert-OH is 1. The van der Waals surface area contributed by atoms with Gasteiger partial charge in [-0.25, -0.2) is 4.79 Å². The molecule has 1 aromatic rings. The van der Waals surface area contributed by atoms with Crippen molar-refractivity contribution >= 4 is 11.7 Å². The molecule has 0 amide bonds. The molecule has 17 heavy (non-hydrogen) atoms. The Kier molecular flexibility index (Phi) is 3.61. The Morgan fingerprint density at radius 2 is 2.12 bits per heavy atom. The van der Waals surface area contributed by atoms with Crippen molar-refractivity contribution in [1.82, 2.24) is 0 Å². The van der Waals surface area contributed by atoms with E-state index in [1.54, 1.807) is 0 Å². The second-order valence-electron chi connectivity index (χ2n) is 3.28. The topological polar surface area (TPSA) is 147 Å². The summed E-state index contributed by atoms with van der Waals surface area (Å²) in [6.07, 6.45) is 0. The summed E-state index contributed by atoms with van der Waals surface area (Å²) in [7, 11) is 0. The van der Waals surface area contributed by atoms with E-state index in [0.29, 0.717) is 0 Å². The number of carbonyl (C=O) groups is 1. The highest BCUT2D eigenvalue weighted by molar-refractivity contribution is 5.89. The molecule has 1 atom stereocenters. The molecule has 0 aromatic heterocycles. The number of hydrogen-bond acceptors (Lipinski definition) is 6. The highest BCUT2D eigenvalue weighted by Gasteiger charge is 2.24. The van der Waals surface area contributed by atoms with Crippen LogP contribution in [0.2, 0.25) is 0 Å². The standard InChI is InChI=1S/C9H10N2O6/c10-6(3-12)5-1-4(9(14)15)2-7(8(5)13)11(16)17/h1-2,6,12-13H,3,10H2,(H,14,15)/t6-/m1/s1. The van der Waals surface area contributed by atoms with Gasteiger partial charge in [0.1, 0.15) is 0 Å². The van der Waals surface area contributed by atoms with Gasteiger partial charge in [0.05, 0.1) is 23.1 Å². The predicted molar refractivity (Wildman–Crippen MR) is 55.7 cm³/mol. The number of aliphatic hydroxyl groups is 1. The van der Waals surface area contributed by atoms with Crippen LogP contribution < -0.4 is 5.73 Å². The molecule has 0 radical (unpaired) electrons. The van der Waals surface area contributed by atoms with E-state index in [1.807, 2.05) is 0 Å². The third-order valence-electron chi connectivity index (χ3n) is 2.16. The van der Waals surface area contributed by atoms with Crippen LogP contribution in [-0.2, 0) is 0 Å². The van der Waals surface area contributed by atoms with Crippen molar-refractivity contribution in [3.8, 4) is 5.75 Å². The number of nitrogens with two attached hydrogens (primary N) is 1. The van der Waals surface area contributed by atoms with Crippen LogP contribution in [0.15, 0.2) is 12.1 Å². The van der Waals surface area contributed by atoms with Crippen molar-refractivity contribution < 1.29 is 25.0 Å². The van der Waals surface area contributed by atoms with Crippen LogP contribution in [0.4, 0.5) is 5.69 Å². The third kappa shape index (κ3) is 2.49. The number of carboxylic acid groups (broad SMARTS) is 1. The number of carboxylic acids is 1. The summed E-state index contributed by atoms with van der Waals surface area (Å²) < 4.78 is 0. The number of nitro benzene ring substituents is 1. The number of phenols is 1. The number of rotatable bonds is 4. The normalized spacial score (nSPS) is 12.1. The van der Waals surface area contributed by atoms with E-state index in [9.17, 15) is 20.0 Å². The molecule has 0 spiro atoms. The van der Waals surface area contributed by atoms with Gasteiger partial charge < -0.3 is 21.1 Å². The maximum atomic E-state index is 10.7. The number of nitrogens with zero attached hydrogens (tertiary/aromatic N) is 1.